The Kier molecular flexibility index (Phi) is 2.99. The molecule has 0 saturated heterocycles. The summed E-state index contributed by atoms with van der Waals surface area (Å²) < 4.78 is 0. The Bertz CT molecular complexity index is 399. The third kappa shape index (κ3) is 2.45. The number of anilines is 2. The molecule has 1 fully saturated rings. The van der Waals surface area contributed by atoms with E-state index in [0.29, 0.717) is 17.4 Å². The molecule has 0 atom stereocenters. The van der Waals surface area contributed by atoms with Crippen LogP contribution in [-0.2, 0) is 0 Å². The maximum absolute atomic E-state index is 11.6. The monoisotopic (exact) mass is 219 g/mol. The van der Waals surface area contributed by atoms with E-state index >= 15 is 0 Å². The molecule has 0 aliphatic heterocycles. The molecule has 4 N–H and O–H groups in total. The molecule has 1 aliphatic rings. The van der Waals surface area contributed by atoms with Gasteiger partial charge in [0.05, 0.1) is 11.4 Å². The Morgan fingerprint density at radius 3 is 2.75 bits per heavy atom. The summed E-state index contributed by atoms with van der Waals surface area (Å²) in [5.74, 6) is 0. The van der Waals surface area contributed by atoms with Gasteiger partial charge in [-0.15, -0.1) is 0 Å². The predicted octanol–water partition coefficient (Wildman–Crippen LogP) is 2.25. The van der Waals surface area contributed by atoms with E-state index in [1.807, 2.05) is 25.1 Å². The SMILES string of the molecule is Cc1ccc(NC(=O)NC2CCC2)c(N)c1. The topological polar surface area (TPSA) is 67.2 Å². The Balaban J connectivity index is 1.94. The molecule has 86 valence electrons. The number of carbonyl (C=O) groups is 1. The van der Waals surface area contributed by atoms with Crippen LogP contribution in [0.25, 0.3) is 0 Å². The zero-order chi connectivity index (χ0) is 11.5. The van der Waals surface area contributed by atoms with Crippen LogP contribution in [-0.4, -0.2) is 12.1 Å². The van der Waals surface area contributed by atoms with Crippen LogP contribution < -0.4 is 16.4 Å². The summed E-state index contributed by atoms with van der Waals surface area (Å²) in [6.45, 7) is 1.97. The smallest absolute Gasteiger partial charge is 0.319 e. The Hall–Kier alpha value is -1.71. The second kappa shape index (κ2) is 4.43. The zero-order valence-electron chi connectivity index (χ0n) is 9.42. The second-order valence-electron chi connectivity index (χ2n) is 4.32. The fraction of sp³-hybridized carbons (Fsp3) is 0.417. The molecule has 1 saturated carbocycles. The Morgan fingerprint density at radius 2 is 2.19 bits per heavy atom. The molecule has 2 rings (SSSR count). The molecule has 0 aromatic heterocycles. The summed E-state index contributed by atoms with van der Waals surface area (Å²) in [7, 11) is 0. The van der Waals surface area contributed by atoms with Crippen LogP contribution in [0.4, 0.5) is 16.2 Å². The van der Waals surface area contributed by atoms with Crippen LogP contribution >= 0.6 is 0 Å². The van der Waals surface area contributed by atoms with Crippen molar-refractivity contribution in [3.05, 3.63) is 23.8 Å². The molecule has 1 aromatic carbocycles. The van der Waals surface area contributed by atoms with Gasteiger partial charge in [-0.05, 0) is 43.9 Å². The molecule has 0 heterocycles. The second-order valence-corrected chi connectivity index (χ2v) is 4.32. The fourth-order valence-corrected chi connectivity index (χ4v) is 1.69. The maximum atomic E-state index is 11.6. The number of hydrogen-bond donors (Lipinski definition) is 3. The number of urea groups is 1. The maximum Gasteiger partial charge on any atom is 0.319 e. The van der Waals surface area contributed by atoms with Crippen molar-refractivity contribution in [2.45, 2.75) is 32.2 Å². The highest BCUT2D eigenvalue weighted by molar-refractivity contribution is 5.92. The van der Waals surface area contributed by atoms with Crippen LogP contribution in [0.3, 0.4) is 0 Å². The van der Waals surface area contributed by atoms with Gasteiger partial charge in [0.1, 0.15) is 0 Å². The van der Waals surface area contributed by atoms with Crippen LogP contribution in [0.15, 0.2) is 18.2 Å². The third-order valence-corrected chi connectivity index (χ3v) is 2.90. The first-order chi connectivity index (χ1) is 7.65. The summed E-state index contributed by atoms with van der Waals surface area (Å²) in [6.07, 6.45) is 3.37. The number of hydrogen-bond acceptors (Lipinski definition) is 2. The highest BCUT2D eigenvalue weighted by atomic mass is 16.2. The average Bonchev–Trinajstić information content (AvgIpc) is 2.16. The first-order valence-corrected chi connectivity index (χ1v) is 5.59. The molecule has 2 amide bonds. The molecule has 1 aromatic rings. The number of nitrogens with two attached hydrogens (primary N) is 1. The van der Waals surface area contributed by atoms with Crippen molar-refractivity contribution >= 4 is 17.4 Å². The molecule has 4 heteroatoms. The molecule has 4 nitrogen and oxygen atoms in total. The largest absolute Gasteiger partial charge is 0.397 e. The molecule has 0 radical (unpaired) electrons. The molecule has 16 heavy (non-hydrogen) atoms. The van der Waals surface area contributed by atoms with Crippen LogP contribution in [0.2, 0.25) is 0 Å². The van der Waals surface area contributed by atoms with E-state index in [4.69, 9.17) is 5.73 Å². The van der Waals surface area contributed by atoms with Gasteiger partial charge in [0, 0.05) is 6.04 Å². The van der Waals surface area contributed by atoms with E-state index in [9.17, 15) is 4.79 Å². The van der Waals surface area contributed by atoms with Gasteiger partial charge >= 0.3 is 6.03 Å². The molecular formula is C12H17N3O. The minimum absolute atomic E-state index is 0.166. The summed E-state index contributed by atoms with van der Waals surface area (Å²) in [5, 5.41) is 5.66. The molecule has 0 bridgehead atoms. The number of nitrogen functional groups attached to an aromatic ring is 1. The van der Waals surface area contributed by atoms with Gasteiger partial charge in [0.15, 0.2) is 0 Å². The number of amides is 2. The fourth-order valence-electron chi connectivity index (χ4n) is 1.69. The van der Waals surface area contributed by atoms with Crippen molar-refractivity contribution in [2.24, 2.45) is 0 Å². The van der Waals surface area contributed by atoms with Gasteiger partial charge in [-0.2, -0.15) is 0 Å². The van der Waals surface area contributed by atoms with Crippen molar-refractivity contribution in [3.63, 3.8) is 0 Å². The van der Waals surface area contributed by atoms with Gasteiger partial charge in [0.2, 0.25) is 0 Å². The van der Waals surface area contributed by atoms with E-state index in [0.717, 1.165) is 18.4 Å². The van der Waals surface area contributed by atoms with Gasteiger partial charge in [-0.25, -0.2) is 4.79 Å². The van der Waals surface area contributed by atoms with E-state index in [1.54, 1.807) is 0 Å². The summed E-state index contributed by atoms with van der Waals surface area (Å²) in [4.78, 5) is 11.6. The lowest BCUT2D eigenvalue weighted by Gasteiger charge is -2.26. The summed E-state index contributed by atoms with van der Waals surface area (Å²) >= 11 is 0. The number of rotatable bonds is 2. The van der Waals surface area contributed by atoms with Crippen molar-refractivity contribution < 1.29 is 4.79 Å². The number of nitrogens with one attached hydrogen (secondary N) is 2. The Labute approximate surface area is 95.2 Å². The number of aryl methyl sites for hydroxylation is 1. The quantitative estimate of drug-likeness (QED) is 0.668. The van der Waals surface area contributed by atoms with Gasteiger partial charge in [0.25, 0.3) is 0 Å². The van der Waals surface area contributed by atoms with Crippen molar-refractivity contribution in [1.82, 2.24) is 5.32 Å². The van der Waals surface area contributed by atoms with Gasteiger partial charge in [-0.1, -0.05) is 6.07 Å². The highest BCUT2D eigenvalue weighted by Crippen LogP contribution is 2.21. The van der Waals surface area contributed by atoms with E-state index in [-0.39, 0.29) is 6.03 Å². The lowest BCUT2D eigenvalue weighted by atomic mass is 9.93. The number of benzene rings is 1. The molecular weight excluding hydrogens is 202 g/mol. The molecule has 1 aliphatic carbocycles. The van der Waals surface area contributed by atoms with Crippen LogP contribution in [0.5, 0.6) is 0 Å². The van der Waals surface area contributed by atoms with Crippen molar-refractivity contribution in [2.75, 3.05) is 11.1 Å². The molecule has 0 spiro atoms. The molecule has 0 unspecified atom stereocenters. The van der Waals surface area contributed by atoms with Gasteiger partial charge < -0.3 is 16.4 Å². The van der Waals surface area contributed by atoms with Crippen molar-refractivity contribution in [3.8, 4) is 0 Å². The lowest BCUT2D eigenvalue weighted by Crippen LogP contribution is -2.41. The summed E-state index contributed by atoms with van der Waals surface area (Å²) in [5.41, 5.74) is 8.16. The third-order valence-electron chi connectivity index (χ3n) is 2.90. The Morgan fingerprint density at radius 1 is 1.44 bits per heavy atom. The minimum atomic E-state index is -0.166. The first-order valence-electron chi connectivity index (χ1n) is 5.59. The zero-order valence-corrected chi connectivity index (χ0v) is 9.42. The predicted molar refractivity (Wildman–Crippen MR) is 65.4 cm³/mol. The first kappa shape index (κ1) is 10.8. The standard InChI is InChI=1S/C12H17N3O/c1-8-5-6-11(10(13)7-8)15-12(16)14-9-3-2-4-9/h5-7,9H,2-4,13H2,1H3,(H2,14,15,16). The highest BCUT2D eigenvalue weighted by Gasteiger charge is 2.19. The van der Waals surface area contributed by atoms with Crippen LogP contribution in [0, 0.1) is 6.92 Å². The van der Waals surface area contributed by atoms with E-state index < -0.39 is 0 Å². The van der Waals surface area contributed by atoms with E-state index in [2.05, 4.69) is 10.6 Å². The number of carbonyl (C=O) groups excluding carboxylic acids is 1. The average molecular weight is 219 g/mol. The van der Waals surface area contributed by atoms with Gasteiger partial charge in [-0.3, -0.25) is 0 Å². The minimum Gasteiger partial charge on any atom is -0.397 e. The van der Waals surface area contributed by atoms with Crippen molar-refractivity contribution in [1.29, 1.82) is 0 Å². The lowest BCUT2D eigenvalue weighted by molar-refractivity contribution is 0.240. The summed E-state index contributed by atoms with van der Waals surface area (Å²) in [6, 6.07) is 5.77. The normalized spacial score (nSPS) is 15.3. The van der Waals surface area contributed by atoms with E-state index in [1.165, 1.54) is 6.42 Å². The van der Waals surface area contributed by atoms with Crippen LogP contribution in [0.1, 0.15) is 24.8 Å².